The highest BCUT2D eigenvalue weighted by atomic mass is 31.2. The van der Waals surface area contributed by atoms with E-state index in [1.165, 1.54) is 0 Å². The minimum Gasteiger partial charge on any atom is -0.308 e. The van der Waals surface area contributed by atoms with Gasteiger partial charge in [-0.1, -0.05) is 44.6 Å². The van der Waals surface area contributed by atoms with Gasteiger partial charge in [0.25, 0.3) is 0 Å². The van der Waals surface area contributed by atoms with E-state index >= 15 is 0 Å². The lowest BCUT2D eigenvalue weighted by Gasteiger charge is -2.16. The molecule has 18 heavy (non-hydrogen) atoms. The molecule has 0 heterocycles. The van der Waals surface area contributed by atoms with Crippen LogP contribution in [0.2, 0.25) is 0 Å². The zero-order valence-corrected chi connectivity index (χ0v) is 12.3. The minimum atomic E-state index is -3.24. The van der Waals surface area contributed by atoms with Gasteiger partial charge >= 0.3 is 7.60 Å². The molecule has 0 saturated heterocycles. The molecular weight excluding hydrogens is 253 g/mol. The van der Waals surface area contributed by atoms with Crippen molar-refractivity contribution in [2.45, 2.75) is 52.4 Å². The molecule has 0 fully saturated rings. The van der Waals surface area contributed by atoms with Crippen LogP contribution in [0.1, 0.15) is 52.4 Å². The molecule has 0 amide bonds. The number of unbranched alkanes of at least 4 members (excludes halogenated alkanes) is 4. The largest absolute Gasteiger partial charge is 0.336 e. The zero-order valence-electron chi connectivity index (χ0n) is 11.4. The van der Waals surface area contributed by atoms with Crippen LogP contribution in [0.5, 0.6) is 0 Å². The van der Waals surface area contributed by atoms with Gasteiger partial charge in [0.1, 0.15) is 6.29 Å². The first-order chi connectivity index (χ1) is 8.68. The van der Waals surface area contributed by atoms with Crippen LogP contribution in [0.15, 0.2) is 5.11 Å². The molecule has 0 spiro atoms. The Labute approximate surface area is 109 Å². The molecule has 0 atom stereocenters. The predicted octanol–water partition coefficient (Wildman–Crippen LogP) is 4.86. The number of nitrogens with zero attached hydrogens (tertiary/aromatic N) is 3. The van der Waals surface area contributed by atoms with E-state index in [0.29, 0.717) is 13.2 Å². The normalized spacial score (nSPS) is 11.2. The maximum absolute atomic E-state index is 12.2. The second-order valence-corrected chi connectivity index (χ2v) is 6.08. The van der Waals surface area contributed by atoms with Gasteiger partial charge in [-0.15, -0.1) is 0 Å². The fourth-order valence-electron chi connectivity index (χ4n) is 1.34. The first-order valence-electron chi connectivity index (χ1n) is 6.57. The topological polar surface area (TPSA) is 84.3 Å². The van der Waals surface area contributed by atoms with Crippen LogP contribution in [0.4, 0.5) is 0 Å². The van der Waals surface area contributed by atoms with Crippen molar-refractivity contribution in [3.63, 3.8) is 0 Å². The number of rotatable bonds is 12. The monoisotopic (exact) mass is 277 g/mol. The Balaban J connectivity index is 4.07. The van der Waals surface area contributed by atoms with E-state index in [9.17, 15) is 4.57 Å². The van der Waals surface area contributed by atoms with Gasteiger partial charge in [0.2, 0.25) is 0 Å². The van der Waals surface area contributed by atoms with E-state index in [0.717, 1.165) is 38.5 Å². The molecule has 0 saturated carbocycles. The average molecular weight is 277 g/mol. The molecule has 0 aliphatic carbocycles. The fraction of sp³-hybridized carbons (Fsp3) is 1.00. The average Bonchev–Trinajstić information content (AvgIpc) is 2.38. The first-order valence-corrected chi connectivity index (χ1v) is 8.30. The number of hydrogen-bond acceptors (Lipinski definition) is 4. The van der Waals surface area contributed by atoms with E-state index < -0.39 is 7.60 Å². The van der Waals surface area contributed by atoms with Crippen molar-refractivity contribution in [2.75, 3.05) is 19.5 Å². The molecule has 0 aromatic heterocycles. The summed E-state index contributed by atoms with van der Waals surface area (Å²) in [6.07, 6.45) is 5.66. The Bertz CT molecular complexity index is 277. The van der Waals surface area contributed by atoms with Gasteiger partial charge in [-0.25, -0.2) is 0 Å². The maximum Gasteiger partial charge on any atom is 0.336 e. The second-order valence-electron chi connectivity index (χ2n) is 4.06. The third-order valence-corrected chi connectivity index (χ3v) is 4.00. The van der Waals surface area contributed by atoms with Crippen molar-refractivity contribution in [3.05, 3.63) is 10.4 Å². The van der Waals surface area contributed by atoms with Gasteiger partial charge in [0, 0.05) is 4.91 Å². The molecule has 0 rings (SSSR count). The van der Waals surface area contributed by atoms with Crippen molar-refractivity contribution in [2.24, 2.45) is 5.11 Å². The van der Waals surface area contributed by atoms with E-state index in [4.69, 9.17) is 14.6 Å². The SMILES string of the molecule is CCCCCOP(=O)(CN=[N+]=[N-])OCCCCC. The van der Waals surface area contributed by atoms with Crippen molar-refractivity contribution in [1.82, 2.24) is 0 Å². The summed E-state index contributed by atoms with van der Waals surface area (Å²) in [5.74, 6) is 0. The summed E-state index contributed by atoms with van der Waals surface area (Å²) in [6, 6.07) is 0. The van der Waals surface area contributed by atoms with Crippen molar-refractivity contribution in [1.29, 1.82) is 0 Å². The Morgan fingerprint density at radius 2 is 1.56 bits per heavy atom. The van der Waals surface area contributed by atoms with E-state index in [1.807, 2.05) is 0 Å². The van der Waals surface area contributed by atoms with E-state index in [-0.39, 0.29) is 6.29 Å². The summed E-state index contributed by atoms with van der Waals surface area (Å²) in [7, 11) is -3.24. The summed E-state index contributed by atoms with van der Waals surface area (Å²) in [5, 5.41) is 3.31. The third-order valence-electron chi connectivity index (χ3n) is 2.37. The highest BCUT2D eigenvalue weighted by Crippen LogP contribution is 2.48. The molecule has 106 valence electrons. The highest BCUT2D eigenvalue weighted by molar-refractivity contribution is 7.53. The van der Waals surface area contributed by atoms with Crippen LogP contribution in [0, 0.1) is 0 Å². The van der Waals surface area contributed by atoms with Gasteiger partial charge < -0.3 is 9.05 Å². The molecule has 0 unspecified atom stereocenters. The summed E-state index contributed by atoms with van der Waals surface area (Å²) < 4.78 is 22.8. The van der Waals surface area contributed by atoms with Gasteiger partial charge in [-0.3, -0.25) is 4.57 Å². The molecule has 6 nitrogen and oxygen atoms in total. The van der Waals surface area contributed by atoms with E-state index in [2.05, 4.69) is 23.9 Å². The summed E-state index contributed by atoms with van der Waals surface area (Å²) in [6.45, 7) is 4.95. The number of hydrogen-bond donors (Lipinski definition) is 0. The van der Waals surface area contributed by atoms with Crippen molar-refractivity contribution >= 4 is 7.60 Å². The molecule has 7 heteroatoms. The Morgan fingerprint density at radius 3 is 1.94 bits per heavy atom. The van der Waals surface area contributed by atoms with Crippen LogP contribution in [0.25, 0.3) is 10.4 Å². The minimum absolute atomic E-state index is 0.220. The molecule has 0 bridgehead atoms. The smallest absolute Gasteiger partial charge is 0.308 e. The maximum atomic E-state index is 12.2. The summed E-state index contributed by atoms with van der Waals surface area (Å²) in [4.78, 5) is 2.60. The van der Waals surface area contributed by atoms with Gasteiger partial charge in [-0.2, -0.15) is 0 Å². The zero-order chi connectivity index (χ0) is 13.7. The van der Waals surface area contributed by atoms with Gasteiger partial charge in [-0.05, 0) is 18.4 Å². The molecule has 0 aliphatic rings. The molecule has 0 N–H and O–H groups in total. The lowest BCUT2D eigenvalue weighted by atomic mass is 10.3. The third kappa shape index (κ3) is 9.49. The van der Waals surface area contributed by atoms with Crippen LogP contribution < -0.4 is 0 Å². The van der Waals surface area contributed by atoms with Crippen LogP contribution in [-0.2, 0) is 13.6 Å². The molecular formula is C11H24N3O3P. The second kappa shape index (κ2) is 11.5. The highest BCUT2D eigenvalue weighted by Gasteiger charge is 2.23. The molecule has 0 aliphatic heterocycles. The van der Waals surface area contributed by atoms with E-state index in [1.54, 1.807) is 0 Å². The summed E-state index contributed by atoms with van der Waals surface area (Å²) >= 11 is 0. The Morgan fingerprint density at radius 1 is 1.06 bits per heavy atom. The lowest BCUT2D eigenvalue weighted by molar-refractivity contribution is 0.198. The fourth-order valence-corrected chi connectivity index (χ4v) is 2.60. The van der Waals surface area contributed by atoms with Gasteiger partial charge in [0.05, 0.1) is 13.2 Å². The number of azide groups is 1. The lowest BCUT2D eigenvalue weighted by Crippen LogP contribution is -2.02. The Hall–Kier alpha value is -0.540. The van der Waals surface area contributed by atoms with Crippen molar-refractivity contribution < 1.29 is 13.6 Å². The quantitative estimate of drug-likeness (QED) is 0.168. The Kier molecular flexibility index (Phi) is 11.2. The van der Waals surface area contributed by atoms with Crippen LogP contribution >= 0.6 is 7.60 Å². The first kappa shape index (κ1) is 17.5. The van der Waals surface area contributed by atoms with Crippen molar-refractivity contribution in [3.8, 4) is 0 Å². The van der Waals surface area contributed by atoms with Crippen LogP contribution in [0.3, 0.4) is 0 Å². The standard InChI is InChI=1S/C11H24N3O3P/c1-3-5-7-9-16-18(15,11-13-14-12)17-10-8-6-4-2/h3-11H2,1-2H3. The van der Waals surface area contributed by atoms with Gasteiger partial charge in [0.15, 0.2) is 0 Å². The summed E-state index contributed by atoms with van der Waals surface area (Å²) in [5.41, 5.74) is 8.27. The van der Waals surface area contributed by atoms with Crippen LogP contribution in [-0.4, -0.2) is 19.5 Å². The molecule has 0 aromatic rings. The molecule has 0 aromatic carbocycles. The predicted molar refractivity (Wildman–Crippen MR) is 72.6 cm³/mol. The molecule has 0 radical (unpaired) electrons.